The Labute approximate surface area is 647 Å². The molecule has 0 spiro atoms. The number of carbonyl (C=O) groups is 13. The molecular formula is C83H155N7O17. The molecule has 0 aliphatic carbocycles. The predicted octanol–water partition coefficient (Wildman–Crippen LogP) is 15.2. The quantitative estimate of drug-likeness (QED) is 0.0252. The van der Waals surface area contributed by atoms with Crippen molar-refractivity contribution in [2.75, 3.05) is 19.6 Å². The highest BCUT2D eigenvalue weighted by Gasteiger charge is 2.31. The average Bonchev–Trinajstić information content (AvgIpc) is 0.870. The van der Waals surface area contributed by atoms with E-state index >= 15 is 0 Å². The van der Waals surface area contributed by atoms with E-state index in [9.17, 15) is 72.5 Å². The third-order valence-electron chi connectivity index (χ3n) is 20.6. The Hall–Kier alpha value is -6.01. The molecule has 4 amide bonds. The Balaban J connectivity index is -0.0000187. The number of nitrogens with one attached hydrogen (secondary N) is 4. The summed E-state index contributed by atoms with van der Waals surface area (Å²) in [4.78, 5) is 161. The first-order chi connectivity index (χ1) is 51.1. The molecule has 0 rings (SSSR count). The van der Waals surface area contributed by atoms with Crippen LogP contribution in [0.15, 0.2) is 0 Å². The van der Waals surface area contributed by atoms with E-state index in [1.807, 2.05) is 0 Å². The number of ketones is 5. The van der Waals surface area contributed by atoms with Crippen LogP contribution in [0, 0.1) is 17.8 Å². The summed E-state index contributed by atoms with van der Waals surface area (Å²) in [5, 5.41) is 48.0. The molecule has 0 aliphatic heterocycles. The van der Waals surface area contributed by atoms with Gasteiger partial charge in [0.05, 0.1) is 23.5 Å². The second-order valence-corrected chi connectivity index (χ2v) is 31.2. The minimum absolute atomic E-state index is 0. The van der Waals surface area contributed by atoms with Gasteiger partial charge in [-0.3, -0.25) is 57.5 Å². The number of carboxylic acids is 4. The van der Waals surface area contributed by atoms with E-state index in [4.69, 9.17) is 27.4 Å². The molecule has 1 unspecified atom stereocenters. The minimum atomic E-state index is -1.17. The molecule has 6 atom stereocenters. The fraction of sp³-hybridized carbons (Fsp3) is 0.843. The molecule has 14 N–H and O–H groups in total. The van der Waals surface area contributed by atoms with Crippen LogP contribution < -0.4 is 38.5 Å². The van der Waals surface area contributed by atoms with Crippen molar-refractivity contribution < 1.29 is 87.0 Å². The van der Waals surface area contributed by atoms with Crippen LogP contribution in [0.3, 0.4) is 0 Å². The third-order valence-corrected chi connectivity index (χ3v) is 20.6. The Morgan fingerprint density at radius 3 is 1.06 bits per heavy atom. The van der Waals surface area contributed by atoms with E-state index in [1.54, 1.807) is 13.8 Å². The van der Waals surface area contributed by atoms with Crippen molar-refractivity contribution in [3.05, 3.63) is 0 Å². The van der Waals surface area contributed by atoms with Crippen molar-refractivity contribution in [2.45, 2.75) is 410 Å². The maximum atomic E-state index is 13.8. The molecule has 624 valence electrons. The molecule has 0 fully saturated rings. The molecule has 24 heteroatoms. The summed E-state index contributed by atoms with van der Waals surface area (Å²) in [7, 11) is 0. The molecule has 0 heterocycles. The van der Waals surface area contributed by atoms with E-state index < -0.39 is 65.3 Å². The molecule has 0 aromatic heterocycles. The van der Waals surface area contributed by atoms with Gasteiger partial charge in [0.15, 0.2) is 5.78 Å². The molecule has 0 aliphatic rings. The van der Waals surface area contributed by atoms with Gasteiger partial charge in [-0.25, -0.2) is 4.79 Å². The van der Waals surface area contributed by atoms with Crippen molar-refractivity contribution in [2.24, 2.45) is 35.0 Å². The third kappa shape index (κ3) is 62.5. The lowest BCUT2D eigenvalue weighted by molar-refractivity contribution is -0.144. The van der Waals surface area contributed by atoms with Crippen LogP contribution in [0.4, 0.5) is 0 Å². The van der Waals surface area contributed by atoms with Gasteiger partial charge in [-0.2, -0.15) is 0 Å². The van der Waals surface area contributed by atoms with Crippen LogP contribution >= 0.6 is 0 Å². The van der Waals surface area contributed by atoms with Gasteiger partial charge in [0, 0.05) is 100.0 Å². The van der Waals surface area contributed by atoms with Gasteiger partial charge < -0.3 is 58.9 Å². The molecule has 0 bridgehead atoms. The summed E-state index contributed by atoms with van der Waals surface area (Å²) in [6.07, 6.45) is 43.0. The Bertz CT molecular complexity index is 2510. The largest absolute Gasteiger partial charge is 0.481 e. The second kappa shape index (κ2) is 66.9. The van der Waals surface area contributed by atoms with Gasteiger partial charge in [-0.1, -0.05) is 205 Å². The standard InChI is InChI=1S/C83H149N7O17.3H2/c1-64(91)65(45-39-42-59-88-79(102)70(84)49-35-32-34-47-68(92)55-56-72(82(106)107)90-76(97)51-36-29-25-21-17-13-9-5-7-11-15-19-23-27-31-38-53-78(100)101)62-73(94)66(63-74(95)83(2,3)86)46-40-43-60-89-80(103)71(85)50-41-44-58-87-75(96)57-54-67(81(104)105)61-69(93)48-33-28-24-20-16-12-8-4-6-10-14-18-22-26-30-37-52-77(98)99;;;/h65-67,70-72H,4-63,84-86H2,1-3H3,(H,87,96)(H,88,102)(H,89,103)(H,90,97)(H,98,99)(H,100,101)(H,104,105)(H,106,107);3*1H/t65-,66-,67-,70+,71+,72?;;;/m1.../s1. The monoisotopic (exact) mass is 1520 g/mol. The Morgan fingerprint density at radius 1 is 0.327 bits per heavy atom. The van der Waals surface area contributed by atoms with Gasteiger partial charge in [0.2, 0.25) is 23.6 Å². The molecule has 0 saturated carbocycles. The van der Waals surface area contributed by atoms with Gasteiger partial charge in [0.25, 0.3) is 0 Å². The lowest BCUT2D eigenvalue weighted by atomic mass is 9.82. The summed E-state index contributed by atoms with van der Waals surface area (Å²) in [6, 6.07) is -2.70. The minimum Gasteiger partial charge on any atom is -0.481 e. The van der Waals surface area contributed by atoms with Crippen molar-refractivity contribution in [3.8, 4) is 0 Å². The number of rotatable bonds is 79. The molecular weight excluding hydrogens is 1370 g/mol. The zero-order valence-corrected chi connectivity index (χ0v) is 66.7. The SMILES string of the molecule is CC(=O)[C@H](CCCCNC(=O)[C@@H](N)CCCCCC(=O)CCC(NC(=O)CCCCCCCCCCCCCCCCCCC(=O)O)C(=O)O)CC(=O)[C@H](CCCCNC(=O)[C@@H](N)CCCCNC(=O)CC[C@H](CC(=O)CCCCCCCCCCCCCCCCCCC(=O)O)C(=O)O)CC(=O)C(C)(C)N.[HH].[HH].[HH]. The van der Waals surface area contributed by atoms with Crippen molar-refractivity contribution in [1.82, 2.24) is 21.3 Å². The zero-order chi connectivity index (χ0) is 79.7. The van der Waals surface area contributed by atoms with Crippen LogP contribution in [-0.2, 0) is 62.3 Å². The highest BCUT2D eigenvalue weighted by atomic mass is 16.4. The van der Waals surface area contributed by atoms with Crippen LogP contribution in [-0.4, -0.2) is 140 Å². The number of aliphatic carboxylic acids is 4. The fourth-order valence-electron chi connectivity index (χ4n) is 13.4. The zero-order valence-electron chi connectivity index (χ0n) is 66.7. The van der Waals surface area contributed by atoms with Crippen LogP contribution in [0.5, 0.6) is 0 Å². The Morgan fingerprint density at radius 2 is 0.673 bits per heavy atom. The summed E-state index contributed by atoms with van der Waals surface area (Å²) in [6.45, 7) is 5.51. The fourth-order valence-corrected chi connectivity index (χ4v) is 13.4. The van der Waals surface area contributed by atoms with Crippen LogP contribution in [0.1, 0.15) is 391 Å². The lowest BCUT2D eigenvalue weighted by Gasteiger charge is -2.23. The molecule has 0 aromatic carbocycles. The summed E-state index contributed by atoms with van der Waals surface area (Å²) >= 11 is 0. The highest BCUT2D eigenvalue weighted by Crippen LogP contribution is 2.25. The van der Waals surface area contributed by atoms with Gasteiger partial charge in [-0.15, -0.1) is 0 Å². The molecule has 0 radical (unpaired) electrons. The summed E-state index contributed by atoms with van der Waals surface area (Å²) < 4.78 is 0. The van der Waals surface area contributed by atoms with Crippen LogP contribution in [0.25, 0.3) is 0 Å². The van der Waals surface area contributed by atoms with E-state index in [0.717, 1.165) is 83.5 Å². The number of Topliss-reactive ketones (excluding diaryl/α,β-unsaturated/α-hetero) is 5. The van der Waals surface area contributed by atoms with Crippen molar-refractivity contribution in [1.29, 1.82) is 0 Å². The number of unbranched alkanes of at least 4 members (excludes halogenated alkanes) is 35. The first-order valence-corrected chi connectivity index (χ1v) is 42.0. The first-order valence-electron chi connectivity index (χ1n) is 42.0. The predicted molar refractivity (Wildman–Crippen MR) is 426 cm³/mol. The van der Waals surface area contributed by atoms with Crippen molar-refractivity contribution in [3.63, 3.8) is 0 Å². The van der Waals surface area contributed by atoms with Gasteiger partial charge >= 0.3 is 23.9 Å². The van der Waals surface area contributed by atoms with Gasteiger partial charge in [-0.05, 0) is 117 Å². The van der Waals surface area contributed by atoms with Gasteiger partial charge in [0.1, 0.15) is 29.2 Å². The molecule has 0 saturated heterocycles. The first kappa shape index (κ1) is 101. The average molecular weight is 1520 g/mol. The second-order valence-electron chi connectivity index (χ2n) is 31.2. The van der Waals surface area contributed by atoms with Crippen LogP contribution in [0.2, 0.25) is 0 Å². The normalized spacial score (nSPS) is 13.2. The maximum Gasteiger partial charge on any atom is 0.326 e. The number of nitrogens with two attached hydrogens (primary N) is 3. The molecule has 0 aromatic rings. The number of carboxylic acid groups (broad SMARTS) is 4. The molecule has 107 heavy (non-hydrogen) atoms. The van der Waals surface area contributed by atoms with E-state index in [1.165, 1.54) is 122 Å². The smallest absolute Gasteiger partial charge is 0.326 e. The number of hydrogen-bond acceptors (Lipinski definition) is 16. The van der Waals surface area contributed by atoms with Crippen molar-refractivity contribution >= 4 is 76.4 Å². The number of carbonyl (C=O) groups excluding carboxylic acids is 9. The van der Waals surface area contributed by atoms with E-state index in [-0.39, 0.29) is 134 Å². The summed E-state index contributed by atoms with van der Waals surface area (Å²) in [5.74, 6) is -8.05. The topological polar surface area (TPSA) is 429 Å². The van der Waals surface area contributed by atoms with E-state index in [2.05, 4.69) is 21.3 Å². The number of hydrogen-bond donors (Lipinski definition) is 11. The number of amides is 4. The lowest BCUT2D eigenvalue weighted by Crippen LogP contribution is -2.43. The highest BCUT2D eigenvalue weighted by molar-refractivity contribution is 5.94. The molecule has 24 nitrogen and oxygen atoms in total. The van der Waals surface area contributed by atoms with E-state index in [0.29, 0.717) is 109 Å². The summed E-state index contributed by atoms with van der Waals surface area (Å²) in [5.41, 5.74) is 17.3. The maximum absolute atomic E-state index is 13.8. The Kier molecular flexibility index (Phi) is 63.2.